The van der Waals surface area contributed by atoms with Crippen molar-refractivity contribution in [2.24, 2.45) is 0 Å². The highest BCUT2D eigenvalue weighted by molar-refractivity contribution is 7.88. The van der Waals surface area contributed by atoms with Gasteiger partial charge in [0.2, 0.25) is 10.0 Å². The summed E-state index contributed by atoms with van der Waals surface area (Å²) < 4.78 is 23.8. The Morgan fingerprint density at radius 2 is 1.71 bits per heavy atom. The van der Waals surface area contributed by atoms with Crippen LogP contribution in [0.4, 0.5) is 0 Å². The van der Waals surface area contributed by atoms with E-state index in [-0.39, 0.29) is 1.43 Å². The lowest BCUT2D eigenvalue weighted by molar-refractivity contribution is 0.587. The van der Waals surface area contributed by atoms with Crippen LogP contribution in [0.25, 0.3) is 0 Å². The van der Waals surface area contributed by atoms with Crippen molar-refractivity contribution in [3.05, 3.63) is 35.9 Å². The standard InChI is InChI=1S/C8H11NO2S.C2H6.H2/c1-12(10,11)9-7-8-5-3-2-4-6-8;1-2;/h2-6,9H,7H2,1H3;1-2H3;1H. The van der Waals surface area contributed by atoms with Crippen LogP contribution in [0.3, 0.4) is 0 Å². The maximum atomic E-state index is 10.7. The molecule has 0 radical (unpaired) electrons. The third-order valence-electron chi connectivity index (χ3n) is 1.38. The van der Waals surface area contributed by atoms with Gasteiger partial charge in [-0.05, 0) is 5.56 Å². The van der Waals surface area contributed by atoms with Gasteiger partial charge >= 0.3 is 0 Å². The fourth-order valence-corrected chi connectivity index (χ4v) is 1.24. The Hall–Kier alpha value is -0.870. The first-order chi connectivity index (χ1) is 6.58. The molecule has 14 heavy (non-hydrogen) atoms. The molecule has 4 heteroatoms. The molecular formula is C10H19NO2S. The van der Waals surface area contributed by atoms with Gasteiger partial charge in [-0.1, -0.05) is 44.2 Å². The number of hydrogen-bond donors (Lipinski definition) is 1. The van der Waals surface area contributed by atoms with E-state index in [0.717, 1.165) is 11.8 Å². The zero-order valence-corrected chi connectivity index (χ0v) is 9.64. The molecule has 0 aliphatic heterocycles. The minimum absolute atomic E-state index is 0. The van der Waals surface area contributed by atoms with E-state index < -0.39 is 10.0 Å². The smallest absolute Gasteiger partial charge is 0.209 e. The Balaban J connectivity index is 0. The van der Waals surface area contributed by atoms with Crippen molar-refractivity contribution in [1.29, 1.82) is 0 Å². The van der Waals surface area contributed by atoms with Crippen molar-refractivity contribution in [3.8, 4) is 0 Å². The molecule has 0 amide bonds. The predicted octanol–water partition coefficient (Wildman–Crippen LogP) is 2.01. The quantitative estimate of drug-likeness (QED) is 0.841. The Labute approximate surface area is 87.7 Å². The maximum Gasteiger partial charge on any atom is 0.209 e. The molecule has 1 aromatic carbocycles. The molecule has 0 atom stereocenters. The zero-order chi connectivity index (χ0) is 11.0. The van der Waals surface area contributed by atoms with Gasteiger partial charge in [-0.2, -0.15) is 0 Å². The van der Waals surface area contributed by atoms with E-state index in [2.05, 4.69) is 4.72 Å². The van der Waals surface area contributed by atoms with Crippen LogP contribution in [0.2, 0.25) is 0 Å². The minimum Gasteiger partial charge on any atom is -0.213 e. The van der Waals surface area contributed by atoms with Gasteiger partial charge in [0.15, 0.2) is 0 Å². The predicted molar refractivity (Wildman–Crippen MR) is 61.6 cm³/mol. The summed E-state index contributed by atoms with van der Waals surface area (Å²) in [5.74, 6) is 0. The number of hydrogen-bond acceptors (Lipinski definition) is 2. The van der Waals surface area contributed by atoms with Gasteiger partial charge in [0, 0.05) is 7.97 Å². The number of rotatable bonds is 3. The molecule has 1 rings (SSSR count). The lowest BCUT2D eigenvalue weighted by atomic mass is 10.2. The highest BCUT2D eigenvalue weighted by Crippen LogP contribution is 1.97. The van der Waals surface area contributed by atoms with E-state index in [1.807, 2.05) is 44.2 Å². The van der Waals surface area contributed by atoms with E-state index >= 15 is 0 Å². The molecule has 0 fully saturated rings. The first-order valence-corrected chi connectivity index (χ1v) is 6.45. The topological polar surface area (TPSA) is 46.2 Å². The molecule has 0 bridgehead atoms. The summed E-state index contributed by atoms with van der Waals surface area (Å²) in [6.07, 6.45) is 1.15. The van der Waals surface area contributed by atoms with E-state index in [4.69, 9.17) is 0 Å². The monoisotopic (exact) mass is 217 g/mol. The summed E-state index contributed by atoms with van der Waals surface area (Å²) in [6.45, 7) is 4.36. The van der Waals surface area contributed by atoms with Gasteiger partial charge < -0.3 is 0 Å². The molecule has 0 unspecified atom stereocenters. The van der Waals surface area contributed by atoms with Gasteiger partial charge in [0.05, 0.1) is 6.26 Å². The van der Waals surface area contributed by atoms with Crippen molar-refractivity contribution < 1.29 is 9.84 Å². The third-order valence-corrected chi connectivity index (χ3v) is 2.05. The molecule has 0 heterocycles. The lowest BCUT2D eigenvalue weighted by Crippen LogP contribution is -2.20. The molecule has 0 saturated carbocycles. The summed E-state index contributed by atoms with van der Waals surface area (Å²) in [6, 6.07) is 9.39. The minimum atomic E-state index is -3.07. The summed E-state index contributed by atoms with van der Waals surface area (Å²) >= 11 is 0. The van der Waals surface area contributed by atoms with Crippen LogP contribution in [-0.4, -0.2) is 14.7 Å². The summed E-state index contributed by atoms with van der Waals surface area (Å²) in [5, 5.41) is 0. The molecule has 82 valence electrons. The summed E-state index contributed by atoms with van der Waals surface area (Å²) in [7, 11) is -3.07. The molecule has 1 aromatic rings. The highest BCUT2D eigenvalue weighted by atomic mass is 32.2. The van der Waals surface area contributed by atoms with Gasteiger partial charge in [-0.3, -0.25) is 0 Å². The SMILES string of the molecule is CC.CS(=O)(=O)NCc1ccccc1.[HH]. The highest BCUT2D eigenvalue weighted by Gasteiger charge is 1.98. The molecule has 0 spiro atoms. The summed E-state index contributed by atoms with van der Waals surface area (Å²) in [5.41, 5.74) is 0.961. The molecule has 0 saturated heterocycles. The average Bonchev–Trinajstić information content (AvgIpc) is 2.19. The fourth-order valence-electron chi connectivity index (χ4n) is 0.810. The zero-order valence-electron chi connectivity index (χ0n) is 8.82. The van der Waals surface area contributed by atoms with Gasteiger partial charge in [0.25, 0.3) is 0 Å². The number of benzene rings is 1. The molecular weight excluding hydrogens is 198 g/mol. The second-order valence-corrected chi connectivity index (χ2v) is 4.41. The van der Waals surface area contributed by atoms with E-state index in [1.54, 1.807) is 0 Å². The molecule has 3 nitrogen and oxygen atoms in total. The van der Waals surface area contributed by atoms with Gasteiger partial charge in [-0.25, -0.2) is 13.1 Å². The maximum absolute atomic E-state index is 10.7. The van der Waals surface area contributed by atoms with Crippen LogP contribution in [0.1, 0.15) is 20.8 Å². The average molecular weight is 217 g/mol. The van der Waals surface area contributed by atoms with Crippen molar-refractivity contribution >= 4 is 10.0 Å². The number of sulfonamides is 1. The van der Waals surface area contributed by atoms with Gasteiger partial charge in [0.1, 0.15) is 0 Å². The molecule has 0 aliphatic rings. The van der Waals surface area contributed by atoms with Crippen LogP contribution in [0.15, 0.2) is 30.3 Å². The van der Waals surface area contributed by atoms with Crippen molar-refractivity contribution in [2.75, 3.05) is 6.26 Å². The van der Waals surface area contributed by atoms with Crippen LogP contribution in [0, 0.1) is 0 Å². The largest absolute Gasteiger partial charge is 0.213 e. The Morgan fingerprint density at radius 1 is 1.21 bits per heavy atom. The van der Waals surface area contributed by atoms with Crippen LogP contribution < -0.4 is 4.72 Å². The van der Waals surface area contributed by atoms with Crippen molar-refractivity contribution in [1.82, 2.24) is 4.72 Å². The Bertz CT molecular complexity index is 338. The number of nitrogens with one attached hydrogen (secondary N) is 1. The van der Waals surface area contributed by atoms with Crippen LogP contribution >= 0.6 is 0 Å². The van der Waals surface area contributed by atoms with Crippen LogP contribution in [-0.2, 0) is 16.6 Å². The van der Waals surface area contributed by atoms with Crippen molar-refractivity contribution in [2.45, 2.75) is 20.4 Å². The second-order valence-electron chi connectivity index (χ2n) is 2.58. The first-order valence-electron chi connectivity index (χ1n) is 4.56. The molecule has 0 aliphatic carbocycles. The summed E-state index contributed by atoms with van der Waals surface area (Å²) in [4.78, 5) is 0. The van der Waals surface area contributed by atoms with E-state index in [9.17, 15) is 8.42 Å². The van der Waals surface area contributed by atoms with Crippen molar-refractivity contribution in [3.63, 3.8) is 0 Å². The van der Waals surface area contributed by atoms with Gasteiger partial charge in [-0.15, -0.1) is 0 Å². The van der Waals surface area contributed by atoms with Crippen LogP contribution in [0.5, 0.6) is 0 Å². The fraction of sp³-hybridized carbons (Fsp3) is 0.400. The van der Waals surface area contributed by atoms with E-state index in [0.29, 0.717) is 6.54 Å². The van der Waals surface area contributed by atoms with E-state index in [1.165, 1.54) is 0 Å². The molecule has 1 N–H and O–H groups in total. The Kier molecular flexibility index (Phi) is 6.16. The Morgan fingerprint density at radius 3 is 2.14 bits per heavy atom. The lowest BCUT2D eigenvalue weighted by Gasteiger charge is -2.00. The first kappa shape index (κ1) is 13.1. The normalized spacial score (nSPS) is 10.2. The second kappa shape index (κ2) is 6.56. The molecule has 0 aromatic heterocycles. The third kappa shape index (κ3) is 6.62.